The first-order valence-corrected chi connectivity index (χ1v) is 9.24. The van der Waals surface area contributed by atoms with Gasteiger partial charge >= 0.3 is 6.03 Å². The number of hydrogen-bond donors (Lipinski definition) is 3. The smallest absolute Gasteiger partial charge is 0.315 e. The maximum atomic E-state index is 12.0. The zero-order chi connectivity index (χ0) is 17.6. The number of hydrogen-bond acceptors (Lipinski definition) is 4. The molecular weight excluding hydrogens is 328 g/mol. The zero-order valence-corrected chi connectivity index (χ0v) is 14.3. The summed E-state index contributed by atoms with van der Waals surface area (Å²) in [6.07, 6.45) is 2.75. The van der Waals surface area contributed by atoms with Crippen LogP contribution in [0.5, 0.6) is 0 Å². The topological polar surface area (TPSA) is 100 Å². The van der Waals surface area contributed by atoms with E-state index in [-0.39, 0.29) is 12.1 Å². The Labute approximate surface area is 141 Å². The van der Waals surface area contributed by atoms with Crippen molar-refractivity contribution < 1.29 is 13.2 Å². The molecule has 0 saturated carbocycles. The Morgan fingerprint density at radius 3 is 2.67 bits per heavy atom. The summed E-state index contributed by atoms with van der Waals surface area (Å²) in [5, 5.41) is 5.53. The van der Waals surface area contributed by atoms with Gasteiger partial charge < -0.3 is 10.6 Å². The van der Waals surface area contributed by atoms with Crippen molar-refractivity contribution in [2.45, 2.75) is 19.5 Å². The maximum Gasteiger partial charge on any atom is 0.315 e. The first-order chi connectivity index (χ1) is 11.3. The Kier molecular flexibility index (Phi) is 5.75. The average Bonchev–Trinajstić information content (AvgIpc) is 2.52. The Bertz CT molecular complexity index is 794. The summed E-state index contributed by atoms with van der Waals surface area (Å²) in [6, 6.07) is 11.8. The fraction of sp³-hybridized carbons (Fsp3) is 0.250. The molecule has 0 aliphatic heterocycles. The number of nitrogens with zero attached hydrogens (tertiary/aromatic N) is 1. The predicted octanol–water partition coefficient (Wildman–Crippen LogP) is 2.01. The molecule has 2 amide bonds. The van der Waals surface area contributed by atoms with E-state index in [0.717, 1.165) is 17.5 Å². The number of pyridine rings is 1. The van der Waals surface area contributed by atoms with Crippen LogP contribution in [0.2, 0.25) is 0 Å². The van der Waals surface area contributed by atoms with Crippen LogP contribution in [-0.2, 0) is 16.6 Å². The number of anilines is 1. The minimum absolute atomic E-state index is 0.282. The molecule has 0 spiro atoms. The third-order valence-electron chi connectivity index (χ3n) is 3.19. The lowest BCUT2D eigenvalue weighted by Gasteiger charge is -2.16. The van der Waals surface area contributed by atoms with Crippen molar-refractivity contribution in [3.05, 3.63) is 59.9 Å². The van der Waals surface area contributed by atoms with Crippen molar-refractivity contribution in [3.63, 3.8) is 0 Å². The summed E-state index contributed by atoms with van der Waals surface area (Å²) in [5.41, 5.74) is 2.01. The minimum atomic E-state index is -3.34. The second-order valence-electron chi connectivity index (χ2n) is 5.37. The van der Waals surface area contributed by atoms with Crippen LogP contribution in [0.3, 0.4) is 0 Å². The summed E-state index contributed by atoms with van der Waals surface area (Å²) in [4.78, 5) is 16.1. The summed E-state index contributed by atoms with van der Waals surface area (Å²) in [7, 11) is -3.34. The highest BCUT2D eigenvalue weighted by molar-refractivity contribution is 7.92. The van der Waals surface area contributed by atoms with Crippen molar-refractivity contribution in [2.24, 2.45) is 0 Å². The van der Waals surface area contributed by atoms with E-state index in [4.69, 9.17) is 0 Å². The molecule has 0 saturated heterocycles. The molecular formula is C16H20N4O3S. The van der Waals surface area contributed by atoms with E-state index in [1.165, 1.54) is 0 Å². The molecule has 2 rings (SSSR count). The van der Waals surface area contributed by atoms with E-state index in [2.05, 4.69) is 20.3 Å². The molecule has 2 aromatic rings. The summed E-state index contributed by atoms with van der Waals surface area (Å²) in [6.45, 7) is 2.15. The molecule has 1 atom stereocenters. The lowest BCUT2D eigenvalue weighted by atomic mass is 10.1. The van der Waals surface area contributed by atoms with Crippen LogP contribution in [0.15, 0.2) is 48.7 Å². The molecule has 0 fully saturated rings. The van der Waals surface area contributed by atoms with E-state index in [1.54, 1.807) is 24.4 Å². The standard InChI is InChI=1S/C16H20N4O3S/c1-12(13-6-5-8-14(10-13)20-24(2,22)23)19-16(21)18-11-15-7-3-4-9-17-15/h3-10,12,20H,11H2,1-2H3,(H2,18,19,21)/t12-/m0/s1. The van der Waals surface area contributed by atoms with Gasteiger partial charge in [0.15, 0.2) is 0 Å². The zero-order valence-electron chi connectivity index (χ0n) is 13.5. The highest BCUT2D eigenvalue weighted by atomic mass is 32.2. The van der Waals surface area contributed by atoms with E-state index in [0.29, 0.717) is 12.2 Å². The van der Waals surface area contributed by atoms with Gasteiger partial charge in [-0.2, -0.15) is 0 Å². The van der Waals surface area contributed by atoms with Gasteiger partial charge in [0.1, 0.15) is 0 Å². The predicted molar refractivity (Wildman–Crippen MR) is 92.9 cm³/mol. The molecule has 0 radical (unpaired) electrons. The molecule has 128 valence electrons. The second kappa shape index (κ2) is 7.78. The highest BCUT2D eigenvalue weighted by Gasteiger charge is 2.11. The molecule has 1 aromatic carbocycles. The van der Waals surface area contributed by atoms with Crippen molar-refractivity contribution in [3.8, 4) is 0 Å². The van der Waals surface area contributed by atoms with E-state index in [9.17, 15) is 13.2 Å². The van der Waals surface area contributed by atoms with Crippen LogP contribution in [0.25, 0.3) is 0 Å². The van der Waals surface area contributed by atoms with Gasteiger partial charge in [0.2, 0.25) is 10.0 Å². The molecule has 7 nitrogen and oxygen atoms in total. The van der Waals surface area contributed by atoms with Crippen molar-refractivity contribution in [1.82, 2.24) is 15.6 Å². The molecule has 0 unspecified atom stereocenters. The first-order valence-electron chi connectivity index (χ1n) is 7.35. The van der Waals surface area contributed by atoms with Crippen molar-refractivity contribution >= 4 is 21.7 Å². The van der Waals surface area contributed by atoms with Crippen LogP contribution in [0, 0.1) is 0 Å². The largest absolute Gasteiger partial charge is 0.332 e. The number of benzene rings is 1. The average molecular weight is 348 g/mol. The lowest BCUT2D eigenvalue weighted by Crippen LogP contribution is -2.36. The van der Waals surface area contributed by atoms with Gasteiger partial charge in [0.05, 0.1) is 24.5 Å². The van der Waals surface area contributed by atoms with Crippen LogP contribution in [-0.4, -0.2) is 25.7 Å². The molecule has 1 aromatic heterocycles. The van der Waals surface area contributed by atoms with Gasteiger partial charge in [-0.15, -0.1) is 0 Å². The Hall–Kier alpha value is -2.61. The number of nitrogens with one attached hydrogen (secondary N) is 3. The van der Waals surface area contributed by atoms with Gasteiger partial charge in [-0.1, -0.05) is 18.2 Å². The maximum absolute atomic E-state index is 12.0. The molecule has 0 aliphatic rings. The number of carbonyl (C=O) groups is 1. The Balaban J connectivity index is 1.93. The van der Waals surface area contributed by atoms with Crippen molar-refractivity contribution in [2.75, 3.05) is 11.0 Å². The van der Waals surface area contributed by atoms with Crippen molar-refractivity contribution in [1.29, 1.82) is 0 Å². The van der Waals surface area contributed by atoms with Gasteiger partial charge in [0, 0.05) is 11.9 Å². The Morgan fingerprint density at radius 2 is 2.00 bits per heavy atom. The minimum Gasteiger partial charge on any atom is -0.332 e. The van der Waals surface area contributed by atoms with Gasteiger partial charge in [0.25, 0.3) is 0 Å². The van der Waals surface area contributed by atoms with E-state index >= 15 is 0 Å². The number of aromatic nitrogens is 1. The summed E-state index contributed by atoms with van der Waals surface area (Å²) >= 11 is 0. The monoisotopic (exact) mass is 348 g/mol. The van der Waals surface area contributed by atoms with E-state index in [1.807, 2.05) is 31.2 Å². The SMILES string of the molecule is C[C@H](NC(=O)NCc1ccccn1)c1cccc(NS(C)(=O)=O)c1. The summed E-state index contributed by atoms with van der Waals surface area (Å²) < 4.78 is 25.0. The molecule has 24 heavy (non-hydrogen) atoms. The number of carbonyl (C=O) groups excluding carboxylic acids is 1. The number of urea groups is 1. The van der Waals surface area contributed by atoms with Crippen LogP contribution >= 0.6 is 0 Å². The molecule has 0 aliphatic carbocycles. The van der Waals surface area contributed by atoms with Gasteiger partial charge in [-0.25, -0.2) is 13.2 Å². The van der Waals surface area contributed by atoms with E-state index < -0.39 is 10.0 Å². The van der Waals surface area contributed by atoms with Gasteiger partial charge in [-0.3, -0.25) is 9.71 Å². The fourth-order valence-corrected chi connectivity index (χ4v) is 2.65. The molecule has 0 bridgehead atoms. The van der Waals surface area contributed by atoms with Gasteiger partial charge in [-0.05, 0) is 36.8 Å². The summed E-state index contributed by atoms with van der Waals surface area (Å²) in [5.74, 6) is 0. The third-order valence-corrected chi connectivity index (χ3v) is 3.80. The normalized spacial score (nSPS) is 12.2. The van der Waals surface area contributed by atoms with Crippen LogP contribution in [0.1, 0.15) is 24.2 Å². The second-order valence-corrected chi connectivity index (χ2v) is 7.12. The van der Waals surface area contributed by atoms with Crippen LogP contribution in [0.4, 0.5) is 10.5 Å². The lowest BCUT2D eigenvalue weighted by molar-refractivity contribution is 0.237. The fourth-order valence-electron chi connectivity index (χ4n) is 2.09. The molecule has 3 N–H and O–H groups in total. The number of sulfonamides is 1. The molecule has 1 heterocycles. The quantitative estimate of drug-likeness (QED) is 0.743. The highest BCUT2D eigenvalue weighted by Crippen LogP contribution is 2.18. The third kappa shape index (κ3) is 5.88. The molecule has 8 heteroatoms. The Morgan fingerprint density at radius 1 is 1.21 bits per heavy atom. The number of rotatable bonds is 6. The van der Waals surface area contributed by atoms with Crippen LogP contribution < -0.4 is 15.4 Å². The number of amides is 2. The first kappa shape index (κ1) is 17.7.